The van der Waals surface area contributed by atoms with Gasteiger partial charge in [-0.25, -0.2) is 0 Å². The van der Waals surface area contributed by atoms with Gasteiger partial charge in [-0.1, -0.05) is 22.9 Å². The van der Waals surface area contributed by atoms with Gasteiger partial charge in [0.25, 0.3) is 0 Å². The van der Waals surface area contributed by atoms with Crippen LogP contribution < -0.4 is 4.90 Å². The van der Waals surface area contributed by atoms with Crippen molar-refractivity contribution in [2.24, 2.45) is 0 Å². The first-order chi connectivity index (χ1) is 12.6. The molecule has 0 N–H and O–H groups in total. The molecule has 26 heavy (non-hydrogen) atoms. The van der Waals surface area contributed by atoms with Crippen LogP contribution in [0.1, 0.15) is 20.3 Å². The van der Waals surface area contributed by atoms with Crippen LogP contribution in [0.15, 0.2) is 28.7 Å². The zero-order valence-corrected chi connectivity index (χ0v) is 17.6. The molecule has 2 aliphatic heterocycles. The molecule has 2 aliphatic rings. The molecule has 1 aromatic carbocycles. The standard InChI is InChI=1S/C20H31BrN4O/c1-3-17(2)23-12-14-25(15-13-23)20(26)16-22-8-10-24(11-9-22)19-6-4-18(21)5-7-19/h4-7,17H,3,8-16H2,1-2H3. The summed E-state index contributed by atoms with van der Waals surface area (Å²) >= 11 is 3.49. The van der Waals surface area contributed by atoms with Gasteiger partial charge in [-0.05, 0) is 37.6 Å². The number of nitrogens with zero attached hydrogens (tertiary/aromatic N) is 4. The first kappa shape index (κ1) is 19.6. The zero-order chi connectivity index (χ0) is 18.5. The molecule has 3 rings (SSSR count). The highest BCUT2D eigenvalue weighted by Crippen LogP contribution is 2.20. The number of carbonyl (C=O) groups excluding carboxylic acids is 1. The van der Waals surface area contributed by atoms with E-state index < -0.39 is 0 Å². The molecule has 0 aliphatic carbocycles. The van der Waals surface area contributed by atoms with E-state index in [0.29, 0.717) is 18.5 Å². The Morgan fingerprint density at radius 3 is 2.19 bits per heavy atom. The van der Waals surface area contributed by atoms with E-state index in [2.05, 4.69) is 73.6 Å². The van der Waals surface area contributed by atoms with Gasteiger partial charge in [0.05, 0.1) is 6.54 Å². The average molecular weight is 423 g/mol. The third kappa shape index (κ3) is 4.99. The fourth-order valence-corrected chi connectivity index (χ4v) is 4.04. The molecule has 5 nitrogen and oxygen atoms in total. The van der Waals surface area contributed by atoms with E-state index in [1.165, 1.54) is 12.1 Å². The molecule has 0 aromatic heterocycles. The summed E-state index contributed by atoms with van der Waals surface area (Å²) in [7, 11) is 0. The number of carbonyl (C=O) groups is 1. The van der Waals surface area contributed by atoms with Gasteiger partial charge in [0.2, 0.25) is 5.91 Å². The maximum absolute atomic E-state index is 12.6. The summed E-state index contributed by atoms with van der Waals surface area (Å²) in [6, 6.07) is 9.11. The molecular formula is C20H31BrN4O. The Morgan fingerprint density at radius 1 is 1.00 bits per heavy atom. The number of rotatable bonds is 5. The first-order valence-corrected chi connectivity index (χ1v) is 10.6. The third-order valence-electron chi connectivity index (χ3n) is 5.80. The van der Waals surface area contributed by atoms with Gasteiger partial charge in [0.1, 0.15) is 0 Å². The average Bonchev–Trinajstić information content (AvgIpc) is 2.69. The van der Waals surface area contributed by atoms with Gasteiger partial charge in [-0.15, -0.1) is 0 Å². The van der Waals surface area contributed by atoms with E-state index in [1.807, 2.05) is 0 Å². The van der Waals surface area contributed by atoms with Crippen molar-refractivity contribution in [3.63, 3.8) is 0 Å². The minimum atomic E-state index is 0.297. The van der Waals surface area contributed by atoms with E-state index in [1.54, 1.807) is 0 Å². The first-order valence-electron chi connectivity index (χ1n) is 9.81. The Balaban J connectivity index is 1.42. The number of halogens is 1. The van der Waals surface area contributed by atoms with Gasteiger partial charge in [-0.2, -0.15) is 0 Å². The lowest BCUT2D eigenvalue weighted by atomic mass is 10.2. The summed E-state index contributed by atoms with van der Waals surface area (Å²) < 4.78 is 1.11. The minimum Gasteiger partial charge on any atom is -0.369 e. The van der Waals surface area contributed by atoms with Gasteiger partial charge < -0.3 is 9.80 Å². The maximum Gasteiger partial charge on any atom is 0.236 e. The molecule has 1 atom stereocenters. The molecule has 2 heterocycles. The second-order valence-corrected chi connectivity index (χ2v) is 8.33. The van der Waals surface area contributed by atoms with Crippen molar-refractivity contribution in [3.8, 4) is 0 Å². The van der Waals surface area contributed by atoms with E-state index in [9.17, 15) is 4.79 Å². The van der Waals surface area contributed by atoms with E-state index >= 15 is 0 Å². The minimum absolute atomic E-state index is 0.297. The van der Waals surface area contributed by atoms with Crippen LogP contribution in [0, 0.1) is 0 Å². The van der Waals surface area contributed by atoms with Crippen molar-refractivity contribution in [2.45, 2.75) is 26.3 Å². The van der Waals surface area contributed by atoms with Crippen LogP contribution in [0.2, 0.25) is 0 Å². The summed E-state index contributed by atoms with van der Waals surface area (Å²) in [5, 5.41) is 0. The topological polar surface area (TPSA) is 30.0 Å². The van der Waals surface area contributed by atoms with Crippen molar-refractivity contribution < 1.29 is 4.79 Å². The lowest BCUT2D eigenvalue weighted by Gasteiger charge is -2.40. The summed E-state index contributed by atoms with van der Waals surface area (Å²) in [4.78, 5) is 21.9. The van der Waals surface area contributed by atoms with Crippen molar-refractivity contribution in [1.29, 1.82) is 0 Å². The number of anilines is 1. The summed E-state index contributed by atoms with van der Waals surface area (Å²) in [6.45, 7) is 12.7. The van der Waals surface area contributed by atoms with Crippen molar-refractivity contribution in [2.75, 3.05) is 63.8 Å². The lowest BCUT2D eigenvalue weighted by molar-refractivity contribution is -0.134. The monoisotopic (exact) mass is 422 g/mol. The molecule has 0 radical (unpaired) electrons. The van der Waals surface area contributed by atoms with Crippen LogP contribution in [0.3, 0.4) is 0 Å². The quantitative estimate of drug-likeness (QED) is 0.728. The summed E-state index contributed by atoms with van der Waals surface area (Å²) in [5.41, 5.74) is 1.26. The SMILES string of the molecule is CCC(C)N1CCN(C(=O)CN2CCN(c3ccc(Br)cc3)CC2)CC1. The van der Waals surface area contributed by atoms with Gasteiger partial charge >= 0.3 is 0 Å². The maximum atomic E-state index is 12.6. The Bertz CT molecular complexity index is 578. The molecule has 0 bridgehead atoms. The van der Waals surface area contributed by atoms with Crippen molar-refractivity contribution in [1.82, 2.24) is 14.7 Å². The largest absolute Gasteiger partial charge is 0.369 e. The number of benzene rings is 1. The van der Waals surface area contributed by atoms with Gasteiger partial charge in [0, 0.05) is 68.6 Å². The predicted molar refractivity (Wildman–Crippen MR) is 111 cm³/mol. The highest BCUT2D eigenvalue weighted by Gasteiger charge is 2.26. The van der Waals surface area contributed by atoms with Gasteiger partial charge in [0.15, 0.2) is 0 Å². The lowest BCUT2D eigenvalue weighted by Crippen LogP contribution is -2.55. The van der Waals surface area contributed by atoms with E-state index in [4.69, 9.17) is 0 Å². The number of amides is 1. The zero-order valence-electron chi connectivity index (χ0n) is 16.0. The van der Waals surface area contributed by atoms with Crippen LogP contribution in [0.5, 0.6) is 0 Å². The van der Waals surface area contributed by atoms with Crippen LogP contribution in [-0.4, -0.2) is 85.6 Å². The highest BCUT2D eigenvalue weighted by molar-refractivity contribution is 9.10. The molecule has 0 spiro atoms. The third-order valence-corrected chi connectivity index (χ3v) is 6.33. The van der Waals surface area contributed by atoms with Crippen molar-refractivity contribution in [3.05, 3.63) is 28.7 Å². The van der Waals surface area contributed by atoms with Crippen LogP contribution in [0.25, 0.3) is 0 Å². The van der Waals surface area contributed by atoms with Gasteiger partial charge in [-0.3, -0.25) is 14.6 Å². The molecule has 2 saturated heterocycles. The molecule has 144 valence electrons. The van der Waals surface area contributed by atoms with Crippen molar-refractivity contribution >= 4 is 27.5 Å². The summed E-state index contributed by atoms with van der Waals surface area (Å²) in [5.74, 6) is 0.297. The molecule has 0 saturated carbocycles. The van der Waals surface area contributed by atoms with Crippen LogP contribution in [-0.2, 0) is 4.79 Å². The highest BCUT2D eigenvalue weighted by atomic mass is 79.9. The van der Waals surface area contributed by atoms with Crippen LogP contribution in [0.4, 0.5) is 5.69 Å². The van der Waals surface area contributed by atoms with E-state index in [-0.39, 0.29) is 0 Å². The molecule has 1 unspecified atom stereocenters. The fraction of sp³-hybridized carbons (Fsp3) is 0.650. The van der Waals surface area contributed by atoms with E-state index in [0.717, 1.165) is 56.8 Å². The Hall–Kier alpha value is -1.11. The molecule has 2 fully saturated rings. The number of hydrogen-bond acceptors (Lipinski definition) is 4. The fourth-order valence-electron chi connectivity index (χ4n) is 3.78. The molecule has 1 amide bonds. The normalized spacial score (nSPS) is 21.0. The number of piperazine rings is 2. The summed E-state index contributed by atoms with van der Waals surface area (Å²) in [6.07, 6.45) is 1.18. The second-order valence-electron chi connectivity index (χ2n) is 7.41. The Labute approximate surface area is 166 Å². The number of hydrogen-bond donors (Lipinski definition) is 0. The molecule has 6 heteroatoms. The molecule has 1 aromatic rings. The molecular weight excluding hydrogens is 392 g/mol. The Kier molecular flexibility index (Phi) is 6.95. The van der Waals surface area contributed by atoms with Crippen LogP contribution >= 0.6 is 15.9 Å². The Morgan fingerprint density at radius 2 is 1.62 bits per heavy atom. The second kappa shape index (κ2) is 9.20. The predicted octanol–water partition coefficient (Wildman–Crippen LogP) is 2.51. The smallest absolute Gasteiger partial charge is 0.236 e.